The Balaban J connectivity index is 1.63. The number of hydrogen-bond acceptors (Lipinski definition) is 5. The topological polar surface area (TPSA) is 63.9 Å². The summed E-state index contributed by atoms with van der Waals surface area (Å²) in [5, 5.41) is 11.5. The second-order valence-electron chi connectivity index (χ2n) is 6.72. The first-order valence-corrected chi connectivity index (χ1v) is 9.65. The Morgan fingerprint density at radius 2 is 1.96 bits per heavy atom. The number of rotatable bonds is 3. The van der Waals surface area contributed by atoms with Gasteiger partial charge in [-0.15, -0.1) is 16.4 Å². The lowest BCUT2D eigenvalue weighted by molar-refractivity contribution is 0.0726. The summed E-state index contributed by atoms with van der Waals surface area (Å²) in [5.74, 6) is -0.0611. The molecule has 3 heterocycles. The number of amides is 1. The van der Waals surface area contributed by atoms with Crippen LogP contribution in [0.4, 0.5) is 0 Å². The van der Waals surface area contributed by atoms with Crippen LogP contribution in [-0.4, -0.2) is 37.3 Å². The third kappa shape index (κ3) is 2.92. The van der Waals surface area contributed by atoms with Crippen molar-refractivity contribution in [3.63, 3.8) is 0 Å². The van der Waals surface area contributed by atoms with Gasteiger partial charge in [-0.05, 0) is 45.7 Å². The first-order chi connectivity index (χ1) is 12.5. The molecule has 0 bridgehead atoms. The van der Waals surface area contributed by atoms with E-state index in [9.17, 15) is 4.79 Å². The Morgan fingerprint density at radius 1 is 1.19 bits per heavy atom. The van der Waals surface area contributed by atoms with Crippen LogP contribution < -0.4 is 0 Å². The normalized spacial score (nSPS) is 17.0. The molecule has 1 aromatic carbocycles. The number of carbonyl (C=O) groups excluding carboxylic acids is 1. The Bertz CT molecular complexity index is 943. The van der Waals surface area contributed by atoms with E-state index < -0.39 is 0 Å². The van der Waals surface area contributed by atoms with Crippen molar-refractivity contribution in [3.8, 4) is 5.69 Å². The summed E-state index contributed by atoms with van der Waals surface area (Å²) < 4.78 is 1.73. The molecule has 26 heavy (non-hydrogen) atoms. The SMILES string of the molecule is Cc1ccc(-n2nnc(C(=O)N3CCCC3c3csc(C)n3)c2C)cc1. The summed E-state index contributed by atoms with van der Waals surface area (Å²) in [6.07, 6.45) is 1.93. The van der Waals surface area contributed by atoms with E-state index in [0.717, 1.165) is 41.5 Å². The average molecular weight is 367 g/mol. The van der Waals surface area contributed by atoms with E-state index in [1.807, 2.05) is 49.9 Å². The fourth-order valence-electron chi connectivity index (χ4n) is 3.44. The predicted molar refractivity (Wildman–Crippen MR) is 101 cm³/mol. The van der Waals surface area contributed by atoms with Crippen molar-refractivity contribution in [1.82, 2.24) is 24.9 Å². The Kier molecular flexibility index (Phi) is 4.32. The third-order valence-corrected chi connectivity index (χ3v) is 5.66. The summed E-state index contributed by atoms with van der Waals surface area (Å²) in [7, 11) is 0. The minimum atomic E-state index is -0.0611. The monoisotopic (exact) mass is 367 g/mol. The molecule has 134 valence electrons. The van der Waals surface area contributed by atoms with Crippen molar-refractivity contribution in [2.45, 2.75) is 39.7 Å². The summed E-state index contributed by atoms with van der Waals surface area (Å²) in [4.78, 5) is 19.6. The number of carbonyl (C=O) groups is 1. The molecule has 6 nitrogen and oxygen atoms in total. The molecule has 1 aliphatic heterocycles. The lowest BCUT2D eigenvalue weighted by Crippen LogP contribution is -2.31. The Labute approximate surface area is 156 Å². The summed E-state index contributed by atoms with van der Waals surface area (Å²) in [6, 6.07) is 8.07. The first kappa shape index (κ1) is 16.9. The van der Waals surface area contributed by atoms with Crippen LogP contribution in [0.15, 0.2) is 29.6 Å². The molecular formula is C19H21N5OS. The van der Waals surface area contributed by atoms with Gasteiger partial charge in [-0.1, -0.05) is 22.9 Å². The molecule has 0 spiro atoms. The number of hydrogen-bond donors (Lipinski definition) is 0. The molecule has 1 fully saturated rings. The largest absolute Gasteiger partial charge is 0.329 e. The van der Waals surface area contributed by atoms with Gasteiger partial charge in [0.2, 0.25) is 0 Å². The quantitative estimate of drug-likeness (QED) is 0.709. The molecular weight excluding hydrogens is 346 g/mol. The first-order valence-electron chi connectivity index (χ1n) is 8.77. The third-order valence-electron chi connectivity index (χ3n) is 4.87. The highest BCUT2D eigenvalue weighted by Gasteiger charge is 2.34. The fraction of sp³-hybridized carbons (Fsp3) is 0.368. The van der Waals surface area contributed by atoms with E-state index in [1.165, 1.54) is 5.56 Å². The van der Waals surface area contributed by atoms with E-state index in [4.69, 9.17) is 0 Å². The number of aromatic nitrogens is 4. The van der Waals surface area contributed by atoms with Crippen LogP contribution in [0.5, 0.6) is 0 Å². The molecule has 7 heteroatoms. The van der Waals surface area contributed by atoms with Crippen LogP contribution in [0.3, 0.4) is 0 Å². The van der Waals surface area contributed by atoms with E-state index in [2.05, 4.69) is 20.7 Å². The van der Waals surface area contributed by atoms with Gasteiger partial charge in [0.1, 0.15) is 0 Å². The smallest absolute Gasteiger partial charge is 0.276 e. The van der Waals surface area contributed by atoms with Crippen molar-refractivity contribution >= 4 is 17.2 Å². The van der Waals surface area contributed by atoms with Crippen molar-refractivity contribution in [2.75, 3.05) is 6.54 Å². The van der Waals surface area contributed by atoms with Gasteiger partial charge >= 0.3 is 0 Å². The minimum absolute atomic E-state index is 0.0383. The van der Waals surface area contributed by atoms with Crippen LogP contribution in [-0.2, 0) is 0 Å². The molecule has 3 aromatic rings. The molecule has 2 aromatic heterocycles. The zero-order valence-electron chi connectivity index (χ0n) is 15.1. The van der Waals surface area contributed by atoms with Crippen LogP contribution in [0.1, 0.15) is 51.3 Å². The molecule has 1 aliphatic rings. The van der Waals surface area contributed by atoms with Crippen LogP contribution >= 0.6 is 11.3 Å². The summed E-state index contributed by atoms with van der Waals surface area (Å²) in [6.45, 7) is 6.66. The van der Waals surface area contributed by atoms with Crippen molar-refractivity contribution < 1.29 is 4.79 Å². The molecule has 0 N–H and O–H groups in total. The summed E-state index contributed by atoms with van der Waals surface area (Å²) in [5.41, 5.74) is 4.26. The maximum absolute atomic E-state index is 13.1. The zero-order chi connectivity index (χ0) is 18.3. The van der Waals surface area contributed by atoms with E-state index >= 15 is 0 Å². The van der Waals surface area contributed by atoms with Crippen LogP contribution in [0.2, 0.25) is 0 Å². The number of likely N-dealkylation sites (tertiary alicyclic amines) is 1. The van der Waals surface area contributed by atoms with Gasteiger partial charge in [0, 0.05) is 11.9 Å². The molecule has 1 unspecified atom stereocenters. The lowest BCUT2D eigenvalue weighted by Gasteiger charge is -2.22. The molecule has 1 atom stereocenters. The summed E-state index contributed by atoms with van der Waals surface area (Å²) >= 11 is 1.63. The van der Waals surface area contributed by atoms with Crippen molar-refractivity contribution in [2.24, 2.45) is 0 Å². The highest BCUT2D eigenvalue weighted by Crippen LogP contribution is 2.33. The standard InChI is InChI=1S/C19H21N5OS/c1-12-6-8-15(9-7-12)24-13(2)18(21-22-24)19(25)23-10-4-5-17(23)16-11-26-14(3)20-16/h6-9,11,17H,4-5,10H2,1-3H3. The van der Waals surface area contributed by atoms with E-state index in [1.54, 1.807) is 16.0 Å². The molecule has 0 saturated carbocycles. The van der Waals surface area contributed by atoms with E-state index in [0.29, 0.717) is 5.69 Å². The van der Waals surface area contributed by atoms with Crippen molar-refractivity contribution in [1.29, 1.82) is 0 Å². The van der Waals surface area contributed by atoms with Gasteiger partial charge in [0.25, 0.3) is 5.91 Å². The molecule has 1 amide bonds. The van der Waals surface area contributed by atoms with E-state index in [-0.39, 0.29) is 11.9 Å². The minimum Gasteiger partial charge on any atom is -0.329 e. The fourth-order valence-corrected chi connectivity index (χ4v) is 4.10. The van der Waals surface area contributed by atoms with Gasteiger partial charge in [0.15, 0.2) is 5.69 Å². The molecule has 1 saturated heterocycles. The van der Waals surface area contributed by atoms with Crippen molar-refractivity contribution in [3.05, 3.63) is 57.3 Å². The zero-order valence-corrected chi connectivity index (χ0v) is 16.0. The lowest BCUT2D eigenvalue weighted by atomic mass is 10.1. The number of nitrogens with zero attached hydrogens (tertiary/aromatic N) is 5. The van der Waals surface area contributed by atoms with Crippen LogP contribution in [0, 0.1) is 20.8 Å². The number of benzene rings is 1. The van der Waals surface area contributed by atoms with Crippen LogP contribution in [0.25, 0.3) is 5.69 Å². The Hall–Kier alpha value is -2.54. The maximum atomic E-state index is 13.1. The van der Waals surface area contributed by atoms with Gasteiger partial charge < -0.3 is 4.90 Å². The maximum Gasteiger partial charge on any atom is 0.276 e. The predicted octanol–water partition coefficient (Wildman–Crippen LogP) is 3.63. The average Bonchev–Trinajstić information content (AvgIpc) is 3.34. The molecule has 4 rings (SSSR count). The van der Waals surface area contributed by atoms with Gasteiger partial charge in [-0.2, -0.15) is 0 Å². The second kappa shape index (κ2) is 6.64. The highest BCUT2D eigenvalue weighted by molar-refractivity contribution is 7.09. The second-order valence-corrected chi connectivity index (χ2v) is 7.78. The molecule has 0 aliphatic carbocycles. The van der Waals surface area contributed by atoms with Gasteiger partial charge in [-0.3, -0.25) is 4.79 Å². The number of thiazole rings is 1. The molecule has 0 radical (unpaired) electrons. The number of aryl methyl sites for hydroxylation is 2. The highest BCUT2D eigenvalue weighted by atomic mass is 32.1. The van der Waals surface area contributed by atoms with Gasteiger partial charge in [-0.25, -0.2) is 9.67 Å². The Morgan fingerprint density at radius 3 is 2.65 bits per heavy atom. The van der Waals surface area contributed by atoms with Gasteiger partial charge in [0.05, 0.1) is 28.1 Å².